The van der Waals surface area contributed by atoms with Crippen LogP contribution in [0.3, 0.4) is 0 Å². The minimum atomic E-state index is -5.39. The van der Waals surface area contributed by atoms with Gasteiger partial charge in [0.05, 0.1) is 0 Å². The van der Waals surface area contributed by atoms with Crippen LogP contribution < -0.4 is 54.5 Å². The zero-order valence-electron chi connectivity index (χ0n) is 6.22. The Morgan fingerprint density at radius 2 is 1.00 bits per heavy atom. The third-order valence-corrected chi connectivity index (χ3v) is 0. The maximum atomic E-state index is 8.55. The van der Waals surface area contributed by atoms with Crippen LogP contribution in [0.1, 0.15) is 0 Å². The molecule has 0 fully saturated rings. The number of carboxylic acid groups (broad SMARTS) is 2. The second-order valence-electron chi connectivity index (χ2n) is 0.697. The van der Waals surface area contributed by atoms with Crippen LogP contribution in [0, 0.1) is 0 Å². The molecule has 0 atom stereocenters. The summed E-state index contributed by atoms with van der Waals surface area (Å²) in [7, 11) is -5.39. The second-order valence-corrected chi connectivity index (χ2v) is 1.59. The third kappa shape index (κ3) is 217. The Bertz CT molecular complexity index is 121. The molecule has 0 aromatic carbocycles. The van der Waals surface area contributed by atoms with Crippen molar-refractivity contribution in [1.29, 1.82) is 0 Å². The van der Waals surface area contributed by atoms with Gasteiger partial charge in [0.15, 0.2) is 0 Å². The number of carbonyl (C=O) groups excluding carboxylic acids is 1. The normalized spacial score (nSPS) is 6.92. The van der Waals surface area contributed by atoms with E-state index in [2.05, 4.69) is 0 Å². The second kappa shape index (κ2) is 16.3. The summed E-state index contributed by atoms with van der Waals surface area (Å²) in [6, 6.07) is 0. The van der Waals surface area contributed by atoms with E-state index in [0.29, 0.717) is 0 Å². The molecule has 0 aromatic rings. The number of hydrogen-bond acceptors (Lipinski definition) is 7. The molecule has 0 heterocycles. The summed E-state index contributed by atoms with van der Waals surface area (Å²) in [5.41, 5.74) is 0. The Labute approximate surface area is 150 Å². The van der Waals surface area contributed by atoms with Gasteiger partial charge in [-0.1, -0.05) is 0 Å². The zero-order chi connectivity index (χ0) is 8.08. The predicted molar refractivity (Wildman–Crippen MR) is 24.5 cm³/mol. The van der Waals surface area contributed by atoms with Crippen molar-refractivity contribution in [2.24, 2.45) is 0 Å². The molecule has 0 amide bonds. The molecule has 0 bridgehead atoms. The van der Waals surface area contributed by atoms with E-state index >= 15 is 0 Å². The van der Waals surface area contributed by atoms with Gasteiger partial charge in [0.2, 0.25) is 0 Å². The molecule has 12 heavy (non-hydrogen) atoms. The number of hydrogen-bond donors (Lipinski definition) is 0. The van der Waals surface area contributed by atoms with E-state index < -0.39 is 14.0 Å². The Balaban J connectivity index is -0.0000000221. The van der Waals surface area contributed by atoms with E-state index in [0.717, 1.165) is 0 Å². The number of carbonyl (C=O) groups is 1. The van der Waals surface area contributed by atoms with E-state index in [4.69, 9.17) is 34.3 Å². The Morgan fingerprint density at radius 1 is 1.00 bits per heavy atom. The molecule has 0 unspecified atom stereocenters. The summed E-state index contributed by atoms with van der Waals surface area (Å²) in [5.74, 6) is 0. The minimum Gasteiger partial charge on any atom is -0.822 e. The molecule has 56 valence electrons. The van der Waals surface area contributed by atoms with Crippen molar-refractivity contribution in [1.82, 2.24) is 0 Å². The molecule has 0 aliphatic carbocycles. The van der Waals surface area contributed by atoms with Crippen molar-refractivity contribution in [3.05, 3.63) is 0 Å². The molecule has 0 N–H and O–H groups in total. The summed E-state index contributed by atoms with van der Waals surface area (Å²) in [4.78, 5) is 34.0. The molecular weight excluding hydrogens is 258 g/mol. The molecule has 0 saturated heterocycles. The van der Waals surface area contributed by atoms with Crippen LogP contribution in [-0.4, -0.2) is 81.6 Å². The van der Waals surface area contributed by atoms with Gasteiger partial charge in [-0.05, 0) is 6.16 Å². The topological polar surface area (TPSA) is 149 Å². The quantitative estimate of drug-likeness (QED) is 0.309. The molecule has 0 aliphatic rings. The predicted octanol–water partition coefficient (Wildman–Crippen LogP) is -9.03. The average Bonchev–Trinajstić information content (AvgIpc) is 1.19. The molecule has 0 spiro atoms. The molecule has 0 aromatic heterocycles. The van der Waals surface area contributed by atoms with Gasteiger partial charge in [0.1, 0.15) is 0 Å². The van der Waals surface area contributed by atoms with Crippen LogP contribution in [0.4, 0.5) is 4.79 Å². The summed E-state index contributed by atoms with van der Waals surface area (Å²) in [5, 5.41) is 16.7. The summed E-state index contributed by atoms with van der Waals surface area (Å²) >= 11 is 0. The van der Waals surface area contributed by atoms with Crippen LogP contribution in [0.15, 0.2) is 0 Å². The first-order chi connectivity index (χ1) is 3.73. The molecule has 7 nitrogen and oxygen atoms in total. The van der Waals surface area contributed by atoms with Gasteiger partial charge in [0.25, 0.3) is 0 Å². The van der Waals surface area contributed by atoms with Crippen molar-refractivity contribution in [2.45, 2.75) is 0 Å². The fourth-order valence-electron chi connectivity index (χ4n) is 0. The van der Waals surface area contributed by atoms with E-state index in [1.807, 2.05) is 0 Å². The van der Waals surface area contributed by atoms with Gasteiger partial charge < -0.3 is 34.3 Å². The van der Waals surface area contributed by atoms with Gasteiger partial charge in [0, 0.05) is 0 Å². The number of rotatable bonds is 0. The standard InChI is InChI=1S/CH2O3.2Ca.Na.H3O4P/c2-1(3)4;;;;1-5(2,3)4/h(H2,2,3,4);;;;(H3,1,2,3,4)/q;2*+2;+1;/p-5. The van der Waals surface area contributed by atoms with Gasteiger partial charge in [-0.15, -0.1) is 0 Å². The van der Waals surface area contributed by atoms with Crippen LogP contribution in [0.5, 0.6) is 0 Å². The summed E-state index contributed by atoms with van der Waals surface area (Å²) in [6.45, 7) is 0. The zero-order valence-corrected chi connectivity index (χ0v) is 13.5. The van der Waals surface area contributed by atoms with Gasteiger partial charge in [-0.3, -0.25) is 0 Å². The van der Waals surface area contributed by atoms with E-state index in [-0.39, 0.29) is 105 Å². The van der Waals surface area contributed by atoms with Gasteiger partial charge >= 0.3 is 105 Å². The number of phosphoric acid groups is 1. The van der Waals surface area contributed by atoms with Crippen LogP contribution >= 0.6 is 7.82 Å². The molecular formula is CCa2NaO7P. The van der Waals surface area contributed by atoms with Crippen LogP contribution in [0.25, 0.3) is 0 Å². The minimum absolute atomic E-state index is 0. The molecule has 11 heteroatoms. The first kappa shape index (κ1) is 29.4. The molecule has 0 radical (unpaired) electrons. The van der Waals surface area contributed by atoms with E-state index in [9.17, 15) is 0 Å². The Kier molecular flexibility index (Phi) is 40.0. The first-order valence-electron chi connectivity index (χ1n) is 1.34. The smallest absolute Gasteiger partial charge is 0.822 e. The first-order valence-corrected chi connectivity index (χ1v) is 2.80. The van der Waals surface area contributed by atoms with Crippen molar-refractivity contribution >= 4 is 89.5 Å². The largest absolute Gasteiger partial charge is 2.00 e. The van der Waals surface area contributed by atoms with Crippen LogP contribution in [0.2, 0.25) is 0 Å². The SMILES string of the molecule is O=C([O-])[O-].O=P([O-])([O-])[O-].[Ca+2].[Ca+2].[Na+]. The monoisotopic (exact) mass is 258 g/mol. The molecule has 0 saturated carbocycles. The fourth-order valence-corrected chi connectivity index (χ4v) is 0. The van der Waals surface area contributed by atoms with E-state index in [1.165, 1.54) is 0 Å². The Hall–Kier alpha value is 2.90. The summed E-state index contributed by atoms with van der Waals surface area (Å²) < 4.78 is 8.55. The van der Waals surface area contributed by atoms with Crippen molar-refractivity contribution < 1.29 is 63.8 Å². The van der Waals surface area contributed by atoms with Crippen LogP contribution in [-0.2, 0) is 4.57 Å². The third-order valence-electron chi connectivity index (χ3n) is 0. The van der Waals surface area contributed by atoms with Crippen molar-refractivity contribution in [2.75, 3.05) is 0 Å². The maximum Gasteiger partial charge on any atom is 2.00 e. The van der Waals surface area contributed by atoms with Crippen molar-refractivity contribution in [3.8, 4) is 0 Å². The van der Waals surface area contributed by atoms with Gasteiger partial charge in [-0.2, -0.15) is 7.82 Å². The Morgan fingerprint density at radius 3 is 1.00 bits per heavy atom. The maximum absolute atomic E-state index is 8.55. The van der Waals surface area contributed by atoms with Crippen molar-refractivity contribution in [3.63, 3.8) is 0 Å². The molecule has 0 aliphatic heterocycles. The molecule has 0 rings (SSSR count). The summed E-state index contributed by atoms with van der Waals surface area (Å²) in [6.07, 6.45) is -2.33. The fraction of sp³-hybridized carbons (Fsp3) is 0. The van der Waals surface area contributed by atoms with E-state index in [1.54, 1.807) is 0 Å². The van der Waals surface area contributed by atoms with Gasteiger partial charge in [-0.25, -0.2) is 0 Å². The average molecular weight is 258 g/mol.